The summed E-state index contributed by atoms with van der Waals surface area (Å²) in [6, 6.07) is 30.5. The highest BCUT2D eigenvalue weighted by Gasteiger charge is 2.50. The molecule has 0 bridgehead atoms. The second kappa shape index (κ2) is 17.9. The maximum atomic E-state index is 14.9. The predicted molar refractivity (Wildman–Crippen MR) is 209 cm³/mol. The van der Waals surface area contributed by atoms with E-state index in [2.05, 4.69) is 6.58 Å². The lowest BCUT2D eigenvalue weighted by Gasteiger charge is -2.39. The van der Waals surface area contributed by atoms with E-state index in [1.165, 1.54) is 19.1 Å². The van der Waals surface area contributed by atoms with Gasteiger partial charge in [0.15, 0.2) is 0 Å². The van der Waals surface area contributed by atoms with Gasteiger partial charge in [0.25, 0.3) is 0 Å². The first-order chi connectivity index (χ1) is 26.7. The summed E-state index contributed by atoms with van der Waals surface area (Å²) in [5, 5.41) is 11.4. The molecule has 1 heterocycles. The molecule has 55 heavy (non-hydrogen) atoms. The summed E-state index contributed by atoms with van der Waals surface area (Å²) in [7, 11) is 1.57. The number of anilines is 1. The summed E-state index contributed by atoms with van der Waals surface area (Å²) in [6.07, 6.45) is 1.28. The number of halogens is 1. The number of benzene rings is 5. The standard InChI is InChI=1S/C45H45FN2O7/c1-4-9-41(55-30(2)50)45-44(47(42(51)26-31-14-18-35(46)19-15-31)29-34-12-7-11-33-10-5-6-13-38(33)34)39-28-37(54-25-8-24-49)22-23-40(39)48(45)43(52)27-32-16-20-36(53-3)21-17-32/h4-7,10-23,28,41,44-45,49H,1,8-9,24-27,29H2,2-3H3/t41?,44-,45+/m0/s1. The van der Waals surface area contributed by atoms with E-state index < -0.39 is 30.0 Å². The smallest absolute Gasteiger partial charge is 0.302 e. The zero-order valence-corrected chi connectivity index (χ0v) is 31.0. The highest BCUT2D eigenvalue weighted by atomic mass is 19.1. The van der Waals surface area contributed by atoms with Crippen molar-refractivity contribution < 1.29 is 38.1 Å². The van der Waals surface area contributed by atoms with Crippen LogP contribution in [0.4, 0.5) is 10.1 Å². The van der Waals surface area contributed by atoms with E-state index in [0.717, 1.165) is 21.9 Å². The summed E-state index contributed by atoms with van der Waals surface area (Å²) >= 11 is 0. The minimum absolute atomic E-state index is 0.00906. The van der Waals surface area contributed by atoms with Crippen molar-refractivity contribution >= 4 is 34.2 Å². The molecule has 1 unspecified atom stereocenters. The highest BCUT2D eigenvalue weighted by molar-refractivity contribution is 5.99. The van der Waals surface area contributed by atoms with Crippen LogP contribution in [0.15, 0.2) is 122 Å². The normalized spacial score (nSPS) is 15.2. The predicted octanol–water partition coefficient (Wildman–Crippen LogP) is 7.53. The number of fused-ring (bicyclic) bond motifs is 2. The third-order valence-corrected chi connectivity index (χ3v) is 9.80. The third kappa shape index (κ3) is 9.04. The molecular weight excluding hydrogens is 700 g/mol. The minimum Gasteiger partial charge on any atom is -0.497 e. The number of carbonyl (C=O) groups excluding carboxylic acids is 3. The van der Waals surface area contributed by atoms with E-state index in [1.807, 2.05) is 60.7 Å². The van der Waals surface area contributed by atoms with Gasteiger partial charge in [-0.05, 0) is 69.9 Å². The number of methoxy groups -OCH3 is 1. The first-order valence-corrected chi connectivity index (χ1v) is 18.3. The topological polar surface area (TPSA) is 106 Å². The second-order valence-corrected chi connectivity index (χ2v) is 13.5. The summed E-state index contributed by atoms with van der Waals surface area (Å²) in [5.74, 6) is -0.373. The van der Waals surface area contributed by atoms with E-state index >= 15 is 0 Å². The van der Waals surface area contributed by atoms with Crippen molar-refractivity contribution in [2.75, 3.05) is 25.2 Å². The number of nitrogens with zero attached hydrogens (tertiary/aromatic N) is 2. The third-order valence-electron chi connectivity index (χ3n) is 9.80. The lowest BCUT2D eigenvalue weighted by molar-refractivity contribution is -0.149. The van der Waals surface area contributed by atoms with Gasteiger partial charge in [-0.15, -0.1) is 6.58 Å². The van der Waals surface area contributed by atoms with Gasteiger partial charge >= 0.3 is 5.97 Å². The van der Waals surface area contributed by atoms with Gasteiger partial charge in [-0.3, -0.25) is 14.4 Å². The molecule has 0 aromatic heterocycles. The lowest BCUT2D eigenvalue weighted by atomic mass is 9.93. The van der Waals surface area contributed by atoms with E-state index in [9.17, 15) is 23.9 Å². The molecule has 6 rings (SSSR count). The molecule has 0 saturated heterocycles. The molecular formula is C45H45FN2O7. The molecule has 1 aliphatic rings. The van der Waals surface area contributed by atoms with Gasteiger partial charge in [0, 0.05) is 44.2 Å². The van der Waals surface area contributed by atoms with Gasteiger partial charge in [-0.1, -0.05) is 72.8 Å². The van der Waals surface area contributed by atoms with Crippen LogP contribution in [-0.2, 0) is 38.5 Å². The molecule has 0 saturated carbocycles. The number of hydrogen-bond donors (Lipinski definition) is 1. The monoisotopic (exact) mass is 744 g/mol. The Morgan fingerprint density at radius 3 is 2.31 bits per heavy atom. The zero-order valence-electron chi connectivity index (χ0n) is 31.0. The Balaban J connectivity index is 1.54. The average molecular weight is 745 g/mol. The molecule has 9 nitrogen and oxygen atoms in total. The van der Waals surface area contributed by atoms with E-state index in [-0.39, 0.29) is 50.8 Å². The molecule has 5 aromatic carbocycles. The van der Waals surface area contributed by atoms with Gasteiger partial charge in [0.1, 0.15) is 23.4 Å². The van der Waals surface area contributed by atoms with Crippen LogP contribution in [0.5, 0.6) is 11.5 Å². The van der Waals surface area contributed by atoms with Crippen molar-refractivity contribution in [1.82, 2.24) is 4.90 Å². The minimum atomic E-state index is -0.903. The molecule has 0 radical (unpaired) electrons. The molecule has 1 aliphatic heterocycles. The van der Waals surface area contributed by atoms with Crippen LogP contribution in [0.3, 0.4) is 0 Å². The molecule has 0 fully saturated rings. The van der Waals surface area contributed by atoms with Crippen molar-refractivity contribution in [3.63, 3.8) is 0 Å². The maximum Gasteiger partial charge on any atom is 0.302 e. The Hall–Kier alpha value is -6.00. The quantitative estimate of drug-likeness (QED) is 0.0633. The van der Waals surface area contributed by atoms with Gasteiger partial charge in [0.05, 0.1) is 38.6 Å². The Labute approximate surface area is 320 Å². The molecule has 0 aliphatic carbocycles. The Kier molecular flexibility index (Phi) is 12.6. The highest BCUT2D eigenvalue weighted by Crippen LogP contribution is 2.48. The van der Waals surface area contributed by atoms with Crippen LogP contribution in [-0.4, -0.2) is 60.3 Å². The molecule has 0 spiro atoms. The first kappa shape index (κ1) is 38.7. The van der Waals surface area contributed by atoms with Crippen LogP contribution in [0.25, 0.3) is 10.8 Å². The van der Waals surface area contributed by atoms with Crippen molar-refractivity contribution in [3.05, 3.63) is 150 Å². The van der Waals surface area contributed by atoms with E-state index in [4.69, 9.17) is 14.2 Å². The van der Waals surface area contributed by atoms with Gasteiger partial charge < -0.3 is 29.1 Å². The number of amides is 2. The summed E-state index contributed by atoms with van der Waals surface area (Å²) in [4.78, 5) is 45.9. The number of hydrogen-bond acceptors (Lipinski definition) is 7. The number of rotatable bonds is 16. The number of aliphatic hydroxyl groups excluding tert-OH is 1. The number of aliphatic hydroxyl groups is 1. The Morgan fingerprint density at radius 1 is 0.909 bits per heavy atom. The molecule has 3 atom stereocenters. The van der Waals surface area contributed by atoms with Crippen LogP contribution in [0.1, 0.15) is 48.1 Å². The molecule has 284 valence electrons. The fourth-order valence-electron chi connectivity index (χ4n) is 7.31. The maximum absolute atomic E-state index is 14.9. The van der Waals surface area contributed by atoms with Crippen molar-refractivity contribution in [3.8, 4) is 11.5 Å². The van der Waals surface area contributed by atoms with Crippen molar-refractivity contribution in [2.24, 2.45) is 0 Å². The van der Waals surface area contributed by atoms with Gasteiger partial charge in [-0.2, -0.15) is 0 Å². The number of ether oxygens (including phenoxy) is 3. The Morgan fingerprint density at radius 2 is 1.60 bits per heavy atom. The van der Waals surface area contributed by atoms with Crippen LogP contribution in [0, 0.1) is 5.82 Å². The van der Waals surface area contributed by atoms with Gasteiger partial charge in [0.2, 0.25) is 11.8 Å². The molecule has 2 amide bonds. The lowest BCUT2D eigenvalue weighted by Crippen LogP contribution is -2.53. The summed E-state index contributed by atoms with van der Waals surface area (Å²) < 4.78 is 31.4. The van der Waals surface area contributed by atoms with Crippen LogP contribution >= 0.6 is 0 Å². The number of carbonyl (C=O) groups is 3. The zero-order chi connectivity index (χ0) is 38.9. The second-order valence-electron chi connectivity index (χ2n) is 13.5. The molecule has 1 N–H and O–H groups in total. The van der Waals surface area contributed by atoms with Gasteiger partial charge in [-0.25, -0.2) is 4.39 Å². The molecule has 10 heteroatoms. The van der Waals surface area contributed by atoms with Crippen molar-refractivity contribution in [1.29, 1.82) is 0 Å². The van der Waals surface area contributed by atoms with Crippen LogP contribution in [0.2, 0.25) is 0 Å². The van der Waals surface area contributed by atoms with Crippen LogP contribution < -0.4 is 14.4 Å². The molecule has 5 aromatic rings. The fourth-order valence-corrected chi connectivity index (χ4v) is 7.31. The summed E-state index contributed by atoms with van der Waals surface area (Å²) in [6.45, 7) is 5.60. The SMILES string of the molecule is C=CCC(OC(C)=O)[C@@H]1[C@@H](N(Cc2cccc3ccccc23)C(=O)Cc2ccc(F)cc2)c2cc(OCCCO)ccc2N1C(=O)Cc1ccc(OC)cc1. The van der Waals surface area contributed by atoms with E-state index in [0.29, 0.717) is 34.7 Å². The first-order valence-electron chi connectivity index (χ1n) is 18.3. The van der Waals surface area contributed by atoms with Crippen molar-refractivity contribution in [2.45, 2.75) is 57.3 Å². The average Bonchev–Trinajstić information content (AvgIpc) is 3.52. The number of esters is 1. The fraction of sp³-hybridized carbons (Fsp3) is 0.267. The van der Waals surface area contributed by atoms with E-state index in [1.54, 1.807) is 59.4 Å². The summed E-state index contributed by atoms with van der Waals surface area (Å²) in [5.41, 5.74) is 3.40. The Bertz CT molecular complexity index is 2130. The largest absolute Gasteiger partial charge is 0.497 e.